The minimum atomic E-state index is -0.591. The van der Waals surface area contributed by atoms with E-state index in [1.807, 2.05) is 66.1 Å². The van der Waals surface area contributed by atoms with Gasteiger partial charge in [0.25, 0.3) is 5.91 Å². The maximum absolute atomic E-state index is 13.0. The molecule has 0 unspecified atom stereocenters. The zero-order valence-corrected chi connectivity index (χ0v) is 19.5. The van der Waals surface area contributed by atoms with Gasteiger partial charge >= 0.3 is 0 Å². The maximum atomic E-state index is 13.0. The molecule has 2 heterocycles. The molecule has 0 aliphatic carbocycles. The molecule has 1 aromatic heterocycles. The molecule has 3 N–H and O–H groups in total. The van der Waals surface area contributed by atoms with Gasteiger partial charge in [0.05, 0.1) is 17.8 Å². The first-order chi connectivity index (χ1) is 17.5. The Morgan fingerprint density at radius 3 is 2.42 bits per heavy atom. The first-order valence-electron chi connectivity index (χ1n) is 11.5. The van der Waals surface area contributed by atoms with Gasteiger partial charge in [-0.15, -0.1) is 10.2 Å². The fourth-order valence-electron chi connectivity index (χ4n) is 4.29. The Balaban J connectivity index is 1.43. The molecule has 0 saturated heterocycles. The van der Waals surface area contributed by atoms with Crippen LogP contribution >= 0.6 is 0 Å². The molecule has 0 fully saturated rings. The van der Waals surface area contributed by atoms with Crippen molar-refractivity contribution >= 4 is 17.5 Å². The lowest BCUT2D eigenvalue weighted by molar-refractivity contribution is -0.121. The average molecular weight is 481 g/mol. The molecule has 5 rings (SSSR count). The van der Waals surface area contributed by atoms with E-state index in [1.54, 1.807) is 29.7 Å². The first kappa shape index (κ1) is 23.1. The highest BCUT2D eigenvalue weighted by atomic mass is 16.5. The third-order valence-corrected chi connectivity index (χ3v) is 6.07. The van der Waals surface area contributed by atoms with Crippen LogP contribution in [0.3, 0.4) is 0 Å². The van der Waals surface area contributed by atoms with Gasteiger partial charge < -0.3 is 5.32 Å². The number of hydrogen-bond donors (Lipinski definition) is 3. The van der Waals surface area contributed by atoms with Crippen molar-refractivity contribution in [2.75, 3.05) is 0 Å². The van der Waals surface area contributed by atoms with Gasteiger partial charge in [-0.05, 0) is 30.7 Å². The van der Waals surface area contributed by atoms with Gasteiger partial charge in [-0.1, -0.05) is 60.7 Å². The van der Waals surface area contributed by atoms with Gasteiger partial charge in [0.15, 0.2) is 5.82 Å². The van der Waals surface area contributed by atoms with E-state index in [-0.39, 0.29) is 18.9 Å². The highest BCUT2D eigenvalue weighted by Gasteiger charge is 2.29. The molecule has 1 atom stereocenters. The summed E-state index contributed by atoms with van der Waals surface area (Å²) in [6.45, 7) is 2.17. The van der Waals surface area contributed by atoms with Crippen molar-refractivity contribution in [1.29, 1.82) is 0 Å². The molecule has 1 aliphatic rings. The summed E-state index contributed by atoms with van der Waals surface area (Å²) in [7, 11) is 0. The monoisotopic (exact) mass is 480 g/mol. The van der Waals surface area contributed by atoms with Gasteiger partial charge in [-0.25, -0.2) is 5.48 Å². The summed E-state index contributed by atoms with van der Waals surface area (Å²) in [6.07, 6.45) is 0.0907. The van der Waals surface area contributed by atoms with Crippen LogP contribution in [-0.4, -0.2) is 37.5 Å². The number of nitrogens with zero attached hydrogens (tertiary/aromatic N) is 4. The number of aliphatic imine (C=N–C) groups is 1. The number of hydroxylamine groups is 1. The van der Waals surface area contributed by atoms with E-state index in [2.05, 4.69) is 15.5 Å². The number of benzene rings is 3. The standard InChI is InChI=1S/C27H24N6O3/c1-17-30-31-26-22(15-24(34)28-16-18-11-13-20(14-12-18)27(35)32-36)29-25(19-7-3-2-4-8-19)21-9-5-6-10-23(21)33(17)26/h2-14,22,36H,15-16H2,1H3,(H,28,34)(H,32,35)/t22-/m0/s1. The molecule has 2 amide bonds. The maximum Gasteiger partial charge on any atom is 0.274 e. The van der Waals surface area contributed by atoms with Crippen molar-refractivity contribution in [1.82, 2.24) is 25.6 Å². The highest BCUT2D eigenvalue weighted by molar-refractivity contribution is 6.15. The number of carbonyl (C=O) groups excluding carboxylic acids is 2. The molecule has 0 saturated carbocycles. The van der Waals surface area contributed by atoms with E-state index in [4.69, 9.17) is 10.2 Å². The van der Waals surface area contributed by atoms with E-state index < -0.39 is 11.9 Å². The smallest absolute Gasteiger partial charge is 0.274 e. The fourth-order valence-corrected chi connectivity index (χ4v) is 4.29. The predicted octanol–water partition coefficient (Wildman–Crippen LogP) is 3.29. The lowest BCUT2D eigenvalue weighted by Gasteiger charge is -2.13. The van der Waals surface area contributed by atoms with Gasteiger partial charge in [0.1, 0.15) is 11.9 Å². The van der Waals surface area contributed by atoms with Gasteiger partial charge in [-0.3, -0.25) is 24.4 Å². The molecule has 3 aromatic carbocycles. The van der Waals surface area contributed by atoms with E-state index in [0.717, 1.165) is 33.9 Å². The molecule has 9 heteroatoms. The van der Waals surface area contributed by atoms with Crippen molar-refractivity contribution < 1.29 is 14.8 Å². The SMILES string of the molecule is Cc1nnc2n1-c1ccccc1C(c1ccccc1)=N[C@H]2CC(=O)NCc1ccc(C(=O)NO)cc1. The van der Waals surface area contributed by atoms with E-state index >= 15 is 0 Å². The van der Waals surface area contributed by atoms with Crippen molar-refractivity contribution in [3.8, 4) is 5.69 Å². The summed E-state index contributed by atoms with van der Waals surface area (Å²) in [4.78, 5) is 29.6. The van der Waals surface area contributed by atoms with Crippen molar-refractivity contribution in [2.24, 2.45) is 4.99 Å². The number of aryl methyl sites for hydroxylation is 1. The Morgan fingerprint density at radius 2 is 1.67 bits per heavy atom. The van der Waals surface area contributed by atoms with Crippen LogP contribution in [0.5, 0.6) is 0 Å². The Labute approximate surface area is 207 Å². The quantitative estimate of drug-likeness (QED) is 0.289. The van der Waals surface area contributed by atoms with Crippen LogP contribution in [0.2, 0.25) is 0 Å². The number of hydrogen-bond acceptors (Lipinski definition) is 6. The van der Waals surface area contributed by atoms with E-state index in [9.17, 15) is 9.59 Å². The number of amides is 2. The van der Waals surface area contributed by atoms with Crippen molar-refractivity contribution in [2.45, 2.75) is 25.9 Å². The summed E-state index contributed by atoms with van der Waals surface area (Å²) >= 11 is 0. The summed E-state index contributed by atoms with van der Waals surface area (Å²) in [5, 5.41) is 20.4. The van der Waals surface area contributed by atoms with Gasteiger partial charge in [0.2, 0.25) is 5.91 Å². The molecule has 0 bridgehead atoms. The average Bonchev–Trinajstić information content (AvgIpc) is 3.24. The largest absolute Gasteiger partial charge is 0.352 e. The van der Waals surface area contributed by atoms with Crippen LogP contribution in [0.15, 0.2) is 83.9 Å². The number of fused-ring (bicyclic) bond motifs is 3. The Morgan fingerprint density at radius 1 is 0.944 bits per heavy atom. The van der Waals surface area contributed by atoms with Crippen LogP contribution in [0.25, 0.3) is 5.69 Å². The zero-order chi connectivity index (χ0) is 25.1. The number of rotatable bonds is 6. The molecule has 4 aromatic rings. The second-order valence-corrected chi connectivity index (χ2v) is 8.44. The third kappa shape index (κ3) is 4.51. The normalized spacial score (nSPS) is 14.2. The van der Waals surface area contributed by atoms with Crippen LogP contribution < -0.4 is 10.8 Å². The van der Waals surface area contributed by atoms with Crippen molar-refractivity contribution in [3.05, 3.63) is 113 Å². The highest BCUT2D eigenvalue weighted by Crippen LogP contribution is 2.32. The number of carbonyl (C=O) groups is 2. The van der Waals surface area contributed by atoms with E-state index in [1.165, 1.54) is 0 Å². The fraction of sp³-hybridized carbons (Fsp3) is 0.148. The lowest BCUT2D eigenvalue weighted by atomic mass is 10.0. The summed E-state index contributed by atoms with van der Waals surface area (Å²) in [6, 6.07) is 23.9. The molecule has 9 nitrogen and oxygen atoms in total. The van der Waals surface area contributed by atoms with E-state index in [0.29, 0.717) is 11.4 Å². The molecule has 0 spiro atoms. The second kappa shape index (κ2) is 9.93. The topological polar surface area (TPSA) is 122 Å². The molecular weight excluding hydrogens is 456 g/mol. The minimum absolute atomic E-state index is 0.0907. The minimum Gasteiger partial charge on any atom is -0.352 e. The van der Waals surface area contributed by atoms with Gasteiger partial charge in [0, 0.05) is 23.2 Å². The summed E-state index contributed by atoms with van der Waals surface area (Å²) < 4.78 is 1.97. The Bertz CT molecular complexity index is 1440. The number of para-hydroxylation sites is 1. The van der Waals surface area contributed by atoms with Crippen molar-refractivity contribution in [3.63, 3.8) is 0 Å². The number of nitrogens with one attached hydrogen (secondary N) is 2. The predicted molar refractivity (Wildman–Crippen MR) is 133 cm³/mol. The molecule has 36 heavy (non-hydrogen) atoms. The molecule has 0 radical (unpaired) electrons. The lowest BCUT2D eigenvalue weighted by Crippen LogP contribution is -2.25. The van der Waals surface area contributed by atoms with Crippen LogP contribution in [0.4, 0.5) is 0 Å². The summed E-state index contributed by atoms with van der Waals surface area (Å²) in [5.41, 5.74) is 6.37. The van der Waals surface area contributed by atoms with Crippen LogP contribution in [-0.2, 0) is 11.3 Å². The van der Waals surface area contributed by atoms with Gasteiger partial charge in [-0.2, -0.15) is 0 Å². The molecule has 1 aliphatic heterocycles. The molecular formula is C27H24N6O3. The molecule has 180 valence electrons. The first-order valence-corrected chi connectivity index (χ1v) is 11.5. The zero-order valence-electron chi connectivity index (χ0n) is 19.5. The number of aromatic nitrogens is 3. The second-order valence-electron chi connectivity index (χ2n) is 8.44. The Hall–Kier alpha value is -4.63. The summed E-state index contributed by atoms with van der Waals surface area (Å²) in [5.74, 6) is 0.553. The third-order valence-electron chi connectivity index (χ3n) is 6.07. The van der Waals surface area contributed by atoms with Crippen LogP contribution in [0.1, 0.15) is 51.2 Å². The van der Waals surface area contributed by atoms with Crippen LogP contribution in [0, 0.1) is 6.92 Å². The Kier molecular flexibility index (Phi) is 6.38.